The first-order chi connectivity index (χ1) is 15.9. The van der Waals surface area contributed by atoms with Gasteiger partial charge in [-0.2, -0.15) is 0 Å². The highest BCUT2D eigenvalue weighted by molar-refractivity contribution is 7.11. The molecule has 12 heteroatoms. The van der Waals surface area contributed by atoms with Gasteiger partial charge >= 0.3 is 12.1 Å². The number of carboxylic acids is 1. The van der Waals surface area contributed by atoms with Crippen LogP contribution >= 0.6 is 22.9 Å². The van der Waals surface area contributed by atoms with Crippen LogP contribution in [0.2, 0.25) is 5.02 Å². The third-order valence-electron chi connectivity index (χ3n) is 5.83. The number of benzene rings is 1. The fourth-order valence-electron chi connectivity index (χ4n) is 4.29. The van der Waals surface area contributed by atoms with E-state index >= 15 is 0 Å². The van der Waals surface area contributed by atoms with Crippen LogP contribution in [0.1, 0.15) is 16.6 Å². The Kier molecular flexibility index (Phi) is 5.77. The second kappa shape index (κ2) is 8.73. The van der Waals surface area contributed by atoms with Gasteiger partial charge in [0.2, 0.25) is 0 Å². The Morgan fingerprint density at radius 2 is 2.24 bits per heavy atom. The highest BCUT2D eigenvalue weighted by atomic mass is 35.5. The minimum absolute atomic E-state index is 0.0324. The maximum atomic E-state index is 13.7. The zero-order chi connectivity index (χ0) is 23.1. The molecule has 0 unspecified atom stereocenters. The molecule has 5 rings (SSSR count). The predicted molar refractivity (Wildman–Crippen MR) is 119 cm³/mol. The van der Waals surface area contributed by atoms with Crippen molar-refractivity contribution in [1.29, 1.82) is 0 Å². The van der Waals surface area contributed by atoms with E-state index in [1.807, 2.05) is 0 Å². The van der Waals surface area contributed by atoms with Crippen LogP contribution in [0.4, 0.5) is 9.18 Å². The van der Waals surface area contributed by atoms with Crippen molar-refractivity contribution in [1.82, 2.24) is 20.1 Å². The standard InChI is InChI=1S/C21H19ClFN5O4S/c22-14-7-11(23)1-2-13(14)17-16(20(29)30)15(25-18(26-17)19-24-3-6-33-19)9-27-4-5-28-12(8-27)10-32-21(28)31/h1-3,6-7,12,17H,4-5,8-10H2,(H,25,26)(H,29,30)/t12-,17+/m1/s1. The number of nitrogens with zero attached hydrogens (tertiary/aromatic N) is 4. The van der Waals surface area contributed by atoms with Crippen LogP contribution in [-0.4, -0.2) is 76.6 Å². The Morgan fingerprint density at radius 3 is 2.97 bits per heavy atom. The summed E-state index contributed by atoms with van der Waals surface area (Å²) in [6.07, 6.45) is 1.32. The molecule has 2 saturated heterocycles. The SMILES string of the molecule is O=C(O)C1=C(CN2CCN3C(=O)OC[C@H]3C2)NC(c2nccs2)=N[C@H]1c1ccc(F)cc1Cl. The smallest absolute Gasteiger partial charge is 0.410 e. The average Bonchev–Trinajstić information content (AvgIpc) is 3.43. The lowest BCUT2D eigenvalue weighted by molar-refractivity contribution is -0.133. The summed E-state index contributed by atoms with van der Waals surface area (Å²) in [5.74, 6) is -1.25. The second-order valence-electron chi connectivity index (χ2n) is 7.86. The lowest BCUT2D eigenvalue weighted by Crippen LogP contribution is -2.53. The Bertz CT molecular complexity index is 1170. The molecular weight excluding hydrogens is 473 g/mol. The number of rotatable bonds is 5. The number of thiazole rings is 1. The van der Waals surface area contributed by atoms with E-state index in [9.17, 15) is 19.1 Å². The molecule has 9 nitrogen and oxygen atoms in total. The molecule has 3 aliphatic heterocycles. The molecule has 2 atom stereocenters. The summed E-state index contributed by atoms with van der Waals surface area (Å²) < 4.78 is 18.8. The number of carbonyl (C=O) groups excluding carboxylic acids is 1. The number of nitrogens with one attached hydrogen (secondary N) is 1. The fourth-order valence-corrected chi connectivity index (χ4v) is 5.15. The molecule has 1 aromatic carbocycles. The molecule has 0 spiro atoms. The first-order valence-corrected chi connectivity index (χ1v) is 11.5. The zero-order valence-corrected chi connectivity index (χ0v) is 18.8. The molecule has 2 fully saturated rings. The van der Waals surface area contributed by atoms with Gasteiger partial charge < -0.3 is 15.2 Å². The number of halogens is 2. The summed E-state index contributed by atoms with van der Waals surface area (Å²) in [6, 6.07) is 2.82. The number of hydrogen-bond donors (Lipinski definition) is 2. The Hall–Kier alpha value is -3.02. The van der Waals surface area contributed by atoms with Crippen LogP contribution in [0, 0.1) is 5.82 Å². The third kappa shape index (κ3) is 4.19. The fraction of sp³-hybridized carbons (Fsp3) is 0.333. The monoisotopic (exact) mass is 491 g/mol. The Morgan fingerprint density at radius 1 is 1.39 bits per heavy atom. The second-order valence-corrected chi connectivity index (χ2v) is 9.17. The number of aromatic nitrogens is 1. The van der Waals surface area contributed by atoms with E-state index in [1.165, 1.54) is 23.5 Å². The van der Waals surface area contributed by atoms with Crippen molar-refractivity contribution < 1.29 is 23.8 Å². The van der Waals surface area contributed by atoms with E-state index in [-0.39, 0.29) is 22.7 Å². The van der Waals surface area contributed by atoms with E-state index in [1.54, 1.807) is 16.5 Å². The number of ether oxygens (including phenoxy) is 1. The van der Waals surface area contributed by atoms with Crippen LogP contribution in [0.5, 0.6) is 0 Å². The van der Waals surface area contributed by atoms with Gasteiger partial charge in [-0.25, -0.2) is 19.0 Å². The first-order valence-electron chi connectivity index (χ1n) is 10.2. The number of carbonyl (C=O) groups is 2. The highest BCUT2D eigenvalue weighted by Gasteiger charge is 2.39. The van der Waals surface area contributed by atoms with Gasteiger partial charge in [0.1, 0.15) is 18.5 Å². The number of aliphatic carboxylic acids is 1. The van der Waals surface area contributed by atoms with Gasteiger partial charge in [-0.1, -0.05) is 17.7 Å². The molecule has 172 valence electrons. The van der Waals surface area contributed by atoms with Crippen LogP contribution in [-0.2, 0) is 9.53 Å². The van der Waals surface area contributed by atoms with Crippen molar-refractivity contribution in [3.63, 3.8) is 0 Å². The van der Waals surface area contributed by atoms with Crippen LogP contribution in [0.3, 0.4) is 0 Å². The van der Waals surface area contributed by atoms with E-state index < -0.39 is 17.8 Å². The van der Waals surface area contributed by atoms with Crippen molar-refractivity contribution in [3.05, 3.63) is 62.5 Å². The molecule has 0 aliphatic carbocycles. The molecule has 3 aliphatic rings. The lowest BCUT2D eigenvalue weighted by Gasteiger charge is -2.37. The molecule has 0 saturated carbocycles. The van der Waals surface area contributed by atoms with Gasteiger partial charge in [0.25, 0.3) is 0 Å². The van der Waals surface area contributed by atoms with Gasteiger partial charge in [0.05, 0.1) is 11.6 Å². The van der Waals surface area contributed by atoms with Gasteiger partial charge in [-0.05, 0) is 12.1 Å². The summed E-state index contributed by atoms with van der Waals surface area (Å²) in [5.41, 5.74) is 0.875. The van der Waals surface area contributed by atoms with Crippen LogP contribution in [0.15, 0.2) is 46.0 Å². The Labute approximate surface area is 197 Å². The average molecular weight is 492 g/mol. The number of amides is 1. The third-order valence-corrected chi connectivity index (χ3v) is 6.94. The van der Waals surface area contributed by atoms with Crippen molar-refractivity contribution in [3.8, 4) is 0 Å². The summed E-state index contributed by atoms with van der Waals surface area (Å²) in [4.78, 5) is 36.9. The zero-order valence-electron chi connectivity index (χ0n) is 17.2. The maximum absolute atomic E-state index is 13.7. The largest absolute Gasteiger partial charge is 0.478 e. The van der Waals surface area contributed by atoms with Crippen LogP contribution in [0.25, 0.3) is 0 Å². The topological polar surface area (TPSA) is 107 Å². The minimum atomic E-state index is -1.15. The van der Waals surface area contributed by atoms with Gasteiger partial charge in [0.15, 0.2) is 10.8 Å². The quantitative estimate of drug-likeness (QED) is 0.661. The van der Waals surface area contributed by atoms with Crippen molar-refractivity contribution >= 4 is 40.8 Å². The molecule has 2 aromatic rings. The molecular formula is C21H19ClFN5O4S. The number of cyclic esters (lactones) is 1. The van der Waals surface area contributed by atoms with E-state index in [0.29, 0.717) is 54.9 Å². The summed E-state index contributed by atoms with van der Waals surface area (Å²) in [5, 5.41) is 15.8. The van der Waals surface area contributed by atoms with Crippen molar-refractivity contribution in [2.75, 3.05) is 32.8 Å². The lowest BCUT2D eigenvalue weighted by atomic mass is 9.95. The van der Waals surface area contributed by atoms with E-state index in [0.717, 1.165) is 6.07 Å². The number of hydrogen-bond acceptors (Lipinski definition) is 8. The number of amidine groups is 1. The van der Waals surface area contributed by atoms with Gasteiger partial charge in [-0.3, -0.25) is 14.8 Å². The van der Waals surface area contributed by atoms with Crippen molar-refractivity contribution in [2.45, 2.75) is 12.1 Å². The predicted octanol–water partition coefficient (Wildman–Crippen LogP) is 2.50. The van der Waals surface area contributed by atoms with Gasteiger partial charge in [-0.15, -0.1) is 11.3 Å². The molecule has 33 heavy (non-hydrogen) atoms. The number of carboxylic acid groups (broad SMARTS) is 1. The normalized spacial score (nSPS) is 23.2. The van der Waals surface area contributed by atoms with E-state index in [2.05, 4.69) is 20.2 Å². The molecule has 0 bridgehead atoms. The highest BCUT2D eigenvalue weighted by Crippen LogP contribution is 2.36. The molecule has 1 aromatic heterocycles. The Balaban J connectivity index is 1.52. The number of fused-ring (bicyclic) bond motifs is 1. The van der Waals surface area contributed by atoms with Crippen LogP contribution < -0.4 is 5.32 Å². The minimum Gasteiger partial charge on any atom is -0.478 e. The molecule has 0 radical (unpaired) electrons. The van der Waals surface area contributed by atoms with Gasteiger partial charge in [0, 0.05) is 54.0 Å². The molecule has 2 N–H and O–H groups in total. The summed E-state index contributed by atoms with van der Waals surface area (Å²) in [7, 11) is 0. The molecule has 4 heterocycles. The first kappa shape index (κ1) is 21.8. The number of aliphatic imine (C=N–C) groups is 1. The maximum Gasteiger partial charge on any atom is 0.410 e. The summed E-state index contributed by atoms with van der Waals surface area (Å²) in [6.45, 7) is 2.22. The van der Waals surface area contributed by atoms with E-state index in [4.69, 9.17) is 16.3 Å². The van der Waals surface area contributed by atoms with Crippen molar-refractivity contribution in [2.24, 2.45) is 4.99 Å². The molecule has 1 amide bonds. The number of piperazine rings is 1. The summed E-state index contributed by atoms with van der Waals surface area (Å²) >= 11 is 7.66.